The molecule has 1 aromatic rings. The molecule has 94 valence electrons. The molecule has 0 saturated carbocycles. The Bertz CT molecular complexity index is 438. The summed E-state index contributed by atoms with van der Waals surface area (Å²) in [6, 6.07) is 1.44. The van der Waals surface area contributed by atoms with Gasteiger partial charge in [0.05, 0.1) is 17.1 Å². The number of carbonyl (C=O) groups is 1. The second kappa shape index (κ2) is 5.67. The summed E-state index contributed by atoms with van der Waals surface area (Å²) in [6.07, 6.45) is 0. The lowest BCUT2D eigenvalue weighted by atomic mass is 10.1. The lowest BCUT2D eigenvalue weighted by Crippen LogP contribution is -2.39. The van der Waals surface area contributed by atoms with Crippen molar-refractivity contribution in [1.82, 2.24) is 5.32 Å². The monoisotopic (exact) mass is 278 g/mol. The minimum Gasteiger partial charge on any atom is -0.348 e. The molecule has 0 aliphatic carbocycles. The van der Waals surface area contributed by atoms with Crippen molar-refractivity contribution in [3.63, 3.8) is 0 Å². The molecule has 6 heteroatoms. The summed E-state index contributed by atoms with van der Waals surface area (Å²) >= 11 is 11.5. The van der Waals surface area contributed by atoms with E-state index in [4.69, 9.17) is 28.9 Å². The van der Waals surface area contributed by atoms with E-state index in [9.17, 15) is 9.18 Å². The zero-order chi connectivity index (χ0) is 13.2. The van der Waals surface area contributed by atoms with E-state index in [1.54, 1.807) is 13.8 Å². The zero-order valence-corrected chi connectivity index (χ0v) is 10.9. The van der Waals surface area contributed by atoms with Gasteiger partial charge in [0, 0.05) is 5.02 Å². The largest absolute Gasteiger partial charge is 0.348 e. The average molecular weight is 279 g/mol. The summed E-state index contributed by atoms with van der Waals surface area (Å²) in [6.45, 7) is 3.25. The van der Waals surface area contributed by atoms with Gasteiger partial charge in [0.1, 0.15) is 5.82 Å². The lowest BCUT2D eigenvalue weighted by Gasteiger charge is -2.17. The van der Waals surface area contributed by atoms with Gasteiger partial charge in [-0.25, -0.2) is 4.39 Å². The molecule has 0 bridgehead atoms. The quantitative estimate of drug-likeness (QED) is 0.836. The van der Waals surface area contributed by atoms with Crippen molar-refractivity contribution in [2.75, 3.05) is 0 Å². The topological polar surface area (TPSA) is 55.1 Å². The van der Waals surface area contributed by atoms with Crippen LogP contribution >= 0.6 is 23.2 Å². The maximum absolute atomic E-state index is 13.3. The van der Waals surface area contributed by atoms with E-state index in [1.165, 1.54) is 12.1 Å². The molecule has 0 heterocycles. The first-order valence-electron chi connectivity index (χ1n) is 5.03. The van der Waals surface area contributed by atoms with Crippen LogP contribution in [0.25, 0.3) is 0 Å². The summed E-state index contributed by atoms with van der Waals surface area (Å²) in [5, 5.41) is 2.87. The Labute approximate surface area is 109 Å². The second-order valence-electron chi connectivity index (χ2n) is 3.81. The first kappa shape index (κ1) is 14.2. The first-order valence-corrected chi connectivity index (χ1v) is 5.79. The minimum atomic E-state index is -0.631. The molecule has 0 aliphatic heterocycles. The van der Waals surface area contributed by atoms with Crippen LogP contribution in [0.2, 0.25) is 10.0 Å². The van der Waals surface area contributed by atoms with Gasteiger partial charge in [0.2, 0.25) is 5.91 Å². The van der Waals surface area contributed by atoms with Gasteiger partial charge >= 0.3 is 0 Å². The summed E-state index contributed by atoms with van der Waals surface area (Å²) in [5.41, 5.74) is 5.87. The van der Waals surface area contributed by atoms with Crippen LogP contribution in [0.3, 0.4) is 0 Å². The van der Waals surface area contributed by atoms with Crippen LogP contribution in [0.1, 0.15) is 25.5 Å². The Kier molecular flexibility index (Phi) is 4.74. The van der Waals surface area contributed by atoms with Crippen LogP contribution < -0.4 is 11.1 Å². The van der Waals surface area contributed by atoms with E-state index in [1.807, 2.05) is 0 Å². The van der Waals surface area contributed by atoms with Crippen LogP contribution in [-0.4, -0.2) is 11.9 Å². The summed E-state index contributed by atoms with van der Waals surface area (Å²) in [7, 11) is 0. The van der Waals surface area contributed by atoms with E-state index >= 15 is 0 Å². The molecule has 1 unspecified atom stereocenters. The molecule has 0 radical (unpaired) electrons. The Morgan fingerprint density at radius 2 is 1.94 bits per heavy atom. The average Bonchev–Trinajstić information content (AvgIpc) is 2.22. The number of halogens is 3. The summed E-state index contributed by atoms with van der Waals surface area (Å²) in [5.74, 6) is -0.906. The molecule has 0 spiro atoms. The Morgan fingerprint density at radius 1 is 1.35 bits per heavy atom. The van der Waals surface area contributed by atoms with E-state index in [-0.39, 0.29) is 10.9 Å². The smallest absolute Gasteiger partial charge is 0.237 e. The van der Waals surface area contributed by atoms with Crippen molar-refractivity contribution >= 4 is 29.1 Å². The molecular formula is C11H13Cl2FN2O. The molecule has 1 aromatic carbocycles. The number of benzene rings is 1. The normalized spacial score (nSPS) is 14.2. The van der Waals surface area contributed by atoms with E-state index in [0.717, 1.165) is 0 Å². The van der Waals surface area contributed by atoms with E-state index in [2.05, 4.69) is 5.32 Å². The number of carbonyl (C=O) groups excluding carboxylic acids is 1. The molecule has 0 aromatic heterocycles. The van der Waals surface area contributed by atoms with Crippen molar-refractivity contribution in [1.29, 1.82) is 0 Å². The van der Waals surface area contributed by atoms with Crippen molar-refractivity contribution in [2.45, 2.75) is 25.9 Å². The second-order valence-corrected chi connectivity index (χ2v) is 4.62. The van der Waals surface area contributed by atoms with Gasteiger partial charge in [-0.3, -0.25) is 4.79 Å². The van der Waals surface area contributed by atoms with E-state index in [0.29, 0.717) is 10.6 Å². The maximum Gasteiger partial charge on any atom is 0.237 e. The summed E-state index contributed by atoms with van der Waals surface area (Å²) < 4.78 is 13.3. The fourth-order valence-electron chi connectivity index (χ4n) is 1.29. The predicted octanol–water partition coefficient (Wildman–Crippen LogP) is 2.66. The molecule has 0 fully saturated rings. The van der Waals surface area contributed by atoms with Crippen LogP contribution in [0.4, 0.5) is 4.39 Å². The third-order valence-corrected chi connectivity index (χ3v) is 2.90. The SMILES string of the molecule is CC(NC(=O)[C@@H](C)N)c1cc(F)c(Cl)cc1Cl. The summed E-state index contributed by atoms with van der Waals surface area (Å²) in [4.78, 5) is 11.4. The van der Waals surface area contributed by atoms with Gasteiger partial charge < -0.3 is 11.1 Å². The molecule has 2 atom stereocenters. The number of hydrogen-bond acceptors (Lipinski definition) is 2. The van der Waals surface area contributed by atoms with Crippen molar-refractivity contribution < 1.29 is 9.18 Å². The number of rotatable bonds is 3. The standard InChI is InChI=1S/C11H13Cl2FN2O/c1-5(15)11(17)16-6(2)7-3-10(14)9(13)4-8(7)12/h3-6H,15H2,1-2H3,(H,16,17)/t5-,6?/m1/s1. The molecule has 1 amide bonds. The van der Waals surface area contributed by atoms with Crippen molar-refractivity contribution in [3.8, 4) is 0 Å². The number of nitrogens with two attached hydrogens (primary N) is 1. The lowest BCUT2D eigenvalue weighted by molar-refractivity contribution is -0.122. The highest BCUT2D eigenvalue weighted by Crippen LogP contribution is 2.28. The van der Waals surface area contributed by atoms with Crippen molar-refractivity contribution in [2.24, 2.45) is 5.73 Å². The van der Waals surface area contributed by atoms with Crippen LogP contribution in [0, 0.1) is 5.82 Å². The van der Waals surface area contributed by atoms with E-state index < -0.39 is 17.9 Å². The van der Waals surface area contributed by atoms with Crippen molar-refractivity contribution in [3.05, 3.63) is 33.6 Å². The first-order chi connectivity index (χ1) is 7.82. The highest BCUT2D eigenvalue weighted by atomic mass is 35.5. The van der Waals surface area contributed by atoms with Gasteiger partial charge in [0.25, 0.3) is 0 Å². The van der Waals surface area contributed by atoms with Gasteiger partial charge in [-0.2, -0.15) is 0 Å². The molecule has 3 nitrogen and oxygen atoms in total. The molecule has 0 saturated heterocycles. The minimum absolute atomic E-state index is 0.0514. The third-order valence-electron chi connectivity index (χ3n) is 2.28. The van der Waals surface area contributed by atoms with Gasteiger partial charge in [-0.1, -0.05) is 23.2 Å². The van der Waals surface area contributed by atoms with Gasteiger partial charge in [-0.15, -0.1) is 0 Å². The number of nitrogens with one attached hydrogen (secondary N) is 1. The Hall–Kier alpha value is -0.840. The fourth-order valence-corrected chi connectivity index (χ4v) is 1.84. The third kappa shape index (κ3) is 3.56. The van der Waals surface area contributed by atoms with Crippen LogP contribution in [-0.2, 0) is 4.79 Å². The van der Waals surface area contributed by atoms with Gasteiger partial charge in [0.15, 0.2) is 0 Å². The maximum atomic E-state index is 13.3. The fraction of sp³-hybridized carbons (Fsp3) is 0.364. The molecule has 3 N–H and O–H groups in total. The predicted molar refractivity (Wildman–Crippen MR) is 66.6 cm³/mol. The molecule has 1 rings (SSSR count). The molecular weight excluding hydrogens is 266 g/mol. The zero-order valence-electron chi connectivity index (χ0n) is 9.43. The van der Waals surface area contributed by atoms with Gasteiger partial charge in [-0.05, 0) is 31.5 Å². The highest BCUT2D eigenvalue weighted by molar-refractivity contribution is 6.35. The number of hydrogen-bond donors (Lipinski definition) is 2. The Balaban J connectivity index is 2.93. The van der Waals surface area contributed by atoms with Crippen LogP contribution in [0.15, 0.2) is 12.1 Å². The molecule has 17 heavy (non-hydrogen) atoms. The van der Waals surface area contributed by atoms with Crippen LogP contribution in [0.5, 0.6) is 0 Å². The molecule has 0 aliphatic rings. The highest BCUT2D eigenvalue weighted by Gasteiger charge is 2.16. The number of amides is 1. The Morgan fingerprint density at radius 3 is 2.47 bits per heavy atom.